The van der Waals surface area contributed by atoms with Gasteiger partial charge in [0.15, 0.2) is 0 Å². The fraction of sp³-hybridized carbons (Fsp3) is 0.429. The first-order valence-corrected chi connectivity index (χ1v) is 6.48. The average molecular weight is 280 g/mol. The number of hydrogen-bond donors (Lipinski definition) is 2. The van der Waals surface area contributed by atoms with E-state index in [9.17, 15) is 4.79 Å². The number of hydrogen-bond acceptors (Lipinski definition) is 3. The molecule has 0 heterocycles. The van der Waals surface area contributed by atoms with E-state index in [1.807, 2.05) is 24.3 Å². The highest BCUT2D eigenvalue weighted by Crippen LogP contribution is 2.21. The van der Waals surface area contributed by atoms with Crippen LogP contribution in [-0.4, -0.2) is 24.6 Å². The molecule has 0 saturated carbocycles. The minimum absolute atomic E-state index is 0.180. The molecule has 0 aliphatic rings. The summed E-state index contributed by atoms with van der Waals surface area (Å²) < 4.78 is 5.06. The predicted octanol–water partition coefficient (Wildman–Crippen LogP) is 2.13. The second kappa shape index (κ2) is 6.63. The zero-order valence-electron chi connectivity index (χ0n) is 11.5. The number of amides is 1. The van der Waals surface area contributed by atoms with Crippen molar-refractivity contribution in [1.29, 1.82) is 0 Å². The van der Waals surface area contributed by atoms with Gasteiger partial charge >= 0.3 is 0 Å². The number of carbonyl (C=O) groups excluding carboxylic acids is 1. The Kier molecular flexibility index (Phi) is 5.44. The molecule has 0 radical (unpaired) electrons. The van der Waals surface area contributed by atoms with E-state index >= 15 is 0 Å². The number of methoxy groups -OCH3 is 1. The Balaban J connectivity index is 2.87. The van der Waals surface area contributed by atoms with Crippen molar-refractivity contribution < 1.29 is 9.53 Å². The van der Waals surface area contributed by atoms with Crippen LogP contribution in [-0.2, 0) is 16.0 Å². The lowest BCUT2D eigenvalue weighted by molar-refractivity contribution is -0.121. The van der Waals surface area contributed by atoms with Crippen molar-refractivity contribution >= 4 is 28.8 Å². The molecule has 0 aliphatic carbocycles. The molecule has 4 nitrogen and oxygen atoms in total. The van der Waals surface area contributed by atoms with E-state index in [0.29, 0.717) is 6.61 Å². The van der Waals surface area contributed by atoms with Crippen LogP contribution >= 0.6 is 12.2 Å². The molecular formula is C14H20N2O2S. The van der Waals surface area contributed by atoms with Crippen molar-refractivity contribution in [2.24, 2.45) is 11.1 Å². The van der Waals surface area contributed by atoms with Crippen molar-refractivity contribution in [3.8, 4) is 0 Å². The molecule has 1 rings (SSSR count). The molecule has 1 amide bonds. The van der Waals surface area contributed by atoms with Gasteiger partial charge < -0.3 is 15.8 Å². The Hall–Kier alpha value is -1.46. The number of carbonyl (C=O) groups is 1. The molecule has 0 spiro atoms. The molecule has 1 aromatic carbocycles. The normalized spacial score (nSPS) is 11.1. The first-order valence-electron chi connectivity index (χ1n) is 6.07. The summed E-state index contributed by atoms with van der Waals surface area (Å²) in [5.74, 6) is -0.204. The molecule has 0 bridgehead atoms. The molecule has 0 saturated heterocycles. The Morgan fingerprint density at radius 3 is 2.63 bits per heavy atom. The van der Waals surface area contributed by atoms with E-state index in [4.69, 9.17) is 22.7 Å². The zero-order valence-corrected chi connectivity index (χ0v) is 12.3. The highest BCUT2D eigenvalue weighted by molar-refractivity contribution is 7.80. The van der Waals surface area contributed by atoms with Crippen LogP contribution in [0.2, 0.25) is 0 Å². The molecule has 5 heteroatoms. The van der Waals surface area contributed by atoms with Gasteiger partial charge in [0.1, 0.15) is 0 Å². The fourth-order valence-electron chi connectivity index (χ4n) is 1.46. The lowest BCUT2D eigenvalue weighted by Crippen LogP contribution is -2.41. The molecule has 0 aromatic heterocycles. The summed E-state index contributed by atoms with van der Waals surface area (Å²) in [6.07, 6.45) is 0.737. The van der Waals surface area contributed by atoms with Crippen LogP contribution < -0.4 is 11.1 Å². The monoisotopic (exact) mass is 280 g/mol. The summed E-state index contributed by atoms with van der Waals surface area (Å²) in [6, 6.07) is 7.62. The van der Waals surface area contributed by atoms with Gasteiger partial charge in [0.2, 0.25) is 5.91 Å². The summed E-state index contributed by atoms with van der Waals surface area (Å²) in [7, 11) is 1.65. The van der Waals surface area contributed by atoms with Gasteiger partial charge in [-0.3, -0.25) is 4.79 Å². The van der Waals surface area contributed by atoms with Gasteiger partial charge in [0.25, 0.3) is 0 Å². The Morgan fingerprint density at radius 1 is 1.42 bits per heavy atom. The maximum absolute atomic E-state index is 12.2. The zero-order chi connectivity index (χ0) is 14.5. The first kappa shape index (κ1) is 15.6. The lowest BCUT2D eigenvalue weighted by atomic mass is 9.92. The molecule has 19 heavy (non-hydrogen) atoms. The van der Waals surface area contributed by atoms with Gasteiger partial charge in [-0.15, -0.1) is 0 Å². The van der Waals surface area contributed by atoms with Crippen LogP contribution in [0.15, 0.2) is 24.3 Å². The maximum atomic E-state index is 12.2. The standard InChI is InChI=1S/C14H20N2O2S/c1-14(2,12(15)19)13(17)16-11-7-5-4-6-10(11)8-9-18-3/h4-7H,8-9H2,1-3H3,(H2,15,19)(H,16,17). The number of benzene rings is 1. The highest BCUT2D eigenvalue weighted by Gasteiger charge is 2.31. The third-order valence-corrected chi connectivity index (χ3v) is 3.54. The lowest BCUT2D eigenvalue weighted by Gasteiger charge is -2.22. The van der Waals surface area contributed by atoms with Crippen LogP contribution in [0.1, 0.15) is 19.4 Å². The van der Waals surface area contributed by atoms with Gasteiger partial charge in [-0.05, 0) is 31.9 Å². The Labute approximate surface area is 119 Å². The number of ether oxygens (including phenoxy) is 1. The highest BCUT2D eigenvalue weighted by atomic mass is 32.1. The van der Waals surface area contributed by atoms with Crippen LogP contribution in [0.5, 0.6) is 0 Å². The van der Waals surface area contributed by atoms with E-state index in [1.54, 1.807) is 21.0 Å². The number of anilines is 1. The van der Waals surface area contributed by atoms with E-state index in [-0.39, 0.29) is 10.9 Å². The topological polar surface area (TPSA) is 64.3 Å². The van der Waals surface area contributed by atoms with Crippen molar-refractivity contribution in [3.05, 3.63) is 29.8 Å². The van der Waals surface area contributed by atoms with E-state index < -0.39 is 5.41 Å². The van der Waals surface area contributed by atoms with Gasteiger partial charge in [0, 0.05) is 12.8 Å². The molecular weight excluding hydrogens is 260 g/mol. The molecule has 0 fully saturated rings. The van der Waals surface area contributed by atoms with Crippen LogP contribution in [0, 0.1) is 5.41 Å². The summed E-state index contributed by atoms with van der Waals surface area (Å²) in [5.41, 5.74) is 6.52. The number of rotatable bonds is 6. The number of para-hydroxylation sites is 1. The predicted molar refractivity (Wildman–Crippen MR) is 81.2 cm³/mol. The molecule has 1 aromatic rings. The Morgan fingerprint density at radius 2 is 2.05 bits per heavy atom. The average Bonchev–Trinajstić information content (AvgIpc) is 2.37. The number of thiocarbonyl (C=S) groups is 1. The summed E-state index contributed by atoms with van der Waals surface area (Å²) in [6.45, 7) is 4.02. The van der Waals surface area contributed by atoms with Gasteiger partial charge in [-0.2, -0.15) is 0 Å². The van der Waals surface area contributed by atoms with Crippen LogP contribution in [0.4, 0.5) is 5.69 Å². The van der Waals surface area contributed by atoms with Gasteiger partial charge in [-0.1, -0.05) is 30.4 Å². The summed E-state index contributed by atoms with van der Waals surface area (Å²) in [5, 5.41) is 2.88. The first-order chi connectivity index (χ1) is 8.89. The Bertz CT molecular complexity index is 472. The molecule has 0 unspecified atom stereocenters. The third kappa shape index (κ3) is 4.01. The minimum Gasteiger partial charge on any atom is -0.392 e. The second-order valence-electron chi connectivity index (χ2n) is 4.84. The number of nitrogens with one attached hydrogen (secondary N) is 1. The molecule has 0 atom stereocenters. The largest absolute Gasteiger partial charge is 0.392 e. The van der Waals surface area contributed by atoms with Crippen molar-refractivity contribution in [2.45, 2.75) is 20.3 Å². The van der Waals surface area contributed by atoms with Gasteiger partial charge in [0.05, 0.1) is 17.0 Å². The SMILES string of the molecule is COCCc1ccccc1NC(=O)C(C)(C)C(N)=S. The summed E-state index contributed by atoms with van der Waals surface area (Å²) >= 11 is 4.92. The quantitative estimate of drug-likeness (QED) is 0.784. The van der Waals surface area contributed by atoms with Crippen LogP contribution in [0.25, 0.3) is 0 Å². The minimum atomic E-state index is -0.871. The molecule has 104 valence electrons. The molecule has 3 N–H and O–H groups in total. The van der Waals surface area contributed by atoms with Gasteiger partial charge in [-0.25, -0.2) is 0 Å². The van der Waals surface area contributed by atoms with Crippen molar-refractivity contribution in [3.63, 3.8) is 0 Å². The molecule has 0 aliphatic heterocycles. The number of nitrogens with two attached hydrogens (primary N) is 1. The maximum Gasteiger partial charge on any atom is 0.236 e. The van der Waals surface area contributed by atoms with Crippen molar-refractivity contribution in [1.82, 2.24) is 0 Å². The van der Waals surface area contributed by atoms with E-state index in [2.05, 4.69) is 5.32 Å². The smallest absolute Gasteiger partial charge is 0.236 e. The summed E-state index contributed by atoms with van der Waals surface area (Å²) in [4.78, 5) is 12.4. The fourth-order valence-corrected chi connectivity index (χ4v) is 1.56. The second-order valence-corrected chi connectivity index (χ2v) is 5.28. The third-order valence-electron chi connectivity index (χ3n) is 3.02. The van der Waals surface area contributed by atoms with E-state index in [0.717, 1.165) is 17.7 Å². The van der Waals surface area contributed by atoms with E-state index in [1.165, 1.54) is 0 Å². The van der Waals surface area contributed by atoms with Crippen molar-refractivity contribution in [2.75, 3.05) is 19.0 Å². The van der Waals surface area contributed by atoms with Crippen LogP contribution in [0.3, 0.4) is 0 Å².